The maximum Gasteiger partial charge on any atom is 0.337 e. The van der Waals surface area contributed by atoms with E-state index in [0.29, 0.717) is 12.8 Å². The number of carbonyl (C=O) groups excluding carboxylic acids is 2. The molecular formula is C12H22O8. The molecule has 0 aliphatic rings. The molecule has 8 heteroatoms. The van der Waals surface area contributed by atoms with Gasteiger partial charge in [0.25, 0.3) is 0 Å². The van der Waals surface area contributed by atoms with Gasteiger partial charge in [0.2, 0.25) is 0 Å². The van der Waals surface area contributed by atoms with E-state index in [1.165, 1.54) is 0 Å². The average molecular weight is 294 g/mol. The molecule has 0 fully saturated rings. The van der Waals surface area contributed by atoms with Gasteiger partial charge in [-0.25, -0.2) is 9.59 Å². The summed E-state index contributed by atoms with van der Waals surface area (Å²) in [5.41, 5.74) is 0. The van der Waals surface area contributed by atoms with E-state index in [0.717, 1.165) is 0 Å². The van der Waals surface area contributed by atoms with Crippen LogP contribution in [0.15, 0.2) is 0 Å². The van der Waals surface area contributed by atoms with Gasteiger partial charge in [0.15, 0.2) is 12.2 Å². The fourth-order valence-electron chi connectivity index (χ4n) is 1.23. The highest BCUT2D eigenvalue weighted by molar-refractivity contribution is 5.77. The molecule has 0 unspecified atom stereocenters. The van der Waals surface area contributed by atoms with Gasteiger partial charge in [0, 0.05) is 0 Å². The van der Waals surface area contributed by atoms with Crippen molar-refractivity contribution < 1.29 is 39.5 Å². The van der Waals surface area contributed by atoms with E-state index in [-0.39, 0.29) is 13.2 Å². The normalized spacial score (nSPS) is 16.9. The monoisotopic (exact) mass is 294 g/mol. The molecule has 0 saturated heterocycles. The molecule has 4 atom stereocenters. The third-order valence-electron chi connectivity index (χ3n) is 2.38. The zero-order chi connectivity index (χ0) is 15.7. The summed E-state index contributed by atoms with van der Waals surface area (Å²) >= 11 is 0. The number of esters is 2. The quantitative estimate of drug-likeness (QED) is 0.371. The Balaban J connectivity index is 4.46. The second kappa shape index (κ2) is 9.65. The highest BCUT2D eigenvalue weighted by Crippen LogP contribution is 2.08. The molecule has 0 amide bonds. The molecule has 8 nitrogen and oxygen atoms in total. The van der Waals surface area contributed by atoms with Gasteiger partial charge in [-0.15, -0.1) is 0 Å². The Hall–Kier alpha value is -1.22. The first-order valence-corrected chi connectivity index (χ1v) is 6.42. The Bertz CT molecular complexity index is 276. The predicted molar refractivity (Wildman–Crippen MR) is 66.5 cm³/mol. The van der Waals surface area contributed by atoms with Gasteiger partial charge in [0.1, 0.15) is 12.2 Å². The lowest BCUT2D eigenvalue weighted by Gasteiger charge is -2.24. The van der Waals surface area contributed by atoms with Gasteiger partial charge in [-0.2, -0.15) is 0 Å². The molecule has 0 aromatic heterocycles. The predicted octanol–water partition coefficient (Wildman–Crippen LogP) is -1.66. The summed E-state index contributed by atoms with van der Waals surface area (Å²) < 4.78 is 9.14. The summed E-state index contributed by atoms with van der Waals surface area (Å²) in [6.07, 6.45) is -7.23. The lowest BCUT2D eigenvalue weighted by atomic mass is 10.0. The number of aliphatic hydroxyl groups is 4. The van der Waals surface area contributed by atoms with Crippen LogP contribution in [0.4, 0.5) is 0 Å². The van der Waals surface area contributed by atoms with E-state index < -0.39 is 36.4 Å². The Morgan fingerprint density at radius 3 is 1.35 bits per heavy atom. The molecule has 20 heavy (non-hydrogen) atoms. The Labute approximate surface area is 116 Å². The SMILES string of the molecule is CCCOC(=O)[C@@H](O)[C@H](O)[C@H](O)[C@@H](O)C(=O)OCCC. The third-order valence-corrected chi connectivity index (χ3v) is 2.38. The molecule has 0 spiro atoms. The highest BCUT2D eigenvalue weighted by atomic mass is 16.6. The number of hydrogen-bond acceptors (Lipinski definition) is 8. The van der Waals surface area contributed by atoms with E-state index in [4.69, 9.17) is 0 Å². The molecule has 0 aliphatic heterocycles. The van der Waals surface area contributed by atoms with Gasteiger partial charge < -0.3 is 29.9 Å². The number of carbonyl (C=O) groups is 2. The Morgan fingerprint density at radius 2 is 1.10 bits per heavy atom. The maximum absolute atomic E-state index is 11.3. The Morgan fingerprint density at radius 1 is 0.800 bits per heavy atom. The molecule has 0 heterocycles. The standard InChI is InChI=1S/C12H22O8/c1-3-5-19-11(17)9(15)7(13)8(14)10(16)12(18)20-6-4-2/h7-10,13-16H,3-6H2,1-2H3/t7-,8+,9+,10-. The molecule has 4 N–H and O–H groups in total. The average Bonchev–Trinajstić information content (AvgIpc) is 2.46. The van der Waals surface area contributed by atoms with E-state index in [1.54, 1.807) is 13.8 Å². The minimum Gasteiger partial charge on any atom is -0.464 e. The van der Waals surface area contributed by atoms with Gasteiger partial charge in [0.05, 0.1) is 13.2 Å². The molecule has 0 bridgehead atoms. The minimum absolute atomic E-state index is 0.0415. The van der Waals surface area contributed by atoms with Crippen molar-refractivity contribution in [2.75, 3.05) is 13.2 Å². The summed E-state index contributed by atoms with van der Waals surface area (Å²) in [6, 6.07) is 0. The van der Waals surface area contributed by atoms with Crippen molar-refractivity contribution in [3.63, 3.8) is 0 Å². The van der Waals surface area contributed by atoms with Crippen molar-refractivity contribution in [2.45, 2.75) is 51.1 Å². The zero-order valence-corrected chi connectivity index (χ0v) is 11.6. The first-order chi connectivity index (χ1) is 9.36. The zero-order valence-electron chi connectivity index (χ0n) is 11.6. The summed E-state index contributed by atoms with van der Waals surface area (Å²) in [4.78, 5) is 22.5. The lowest BCUT2D eigenvalue weighted by Crippen LogP contribution is -2.50. The van der Waals surface area contributed by atoms with Crippen LogP contribution < -0.4 is 0 Å². The van der Waals surface area contributed by atoms with Crippen LogP contribution in [-0.4, -0.2) is 70.0 Å². The molecular weight excluding hydrogens is 272 g/mol. The summed E-state index contributed by atoms with van der Waals surface area (Å²) in [5.74, 6) is -2.29. The molecule has 0 saturated carbocycles. The van der Waals surface area contributed by atoms with Crippen LogP contribution in [0.1, 0.15) is 26.7 Å². The van der Waals surface area contributed by atoms with Crippen molar-refractivity contribution in [2.24, 2.45) is 0 Å². The summed E-state index contributed by atoms with van der Waals surface area (Å²) in [5, 5.41) is 37.9. The van der Waals surface area contributed by atoms with Crippen molar-refractivity contribution in [3.05, 3.63) is 0 Å². The first kappa shape index (κ1) is 18.8. The molecule has 0 aromatic carbocycles. The van der Waals surface area contributed by atoms with Gasteiger partial charge in [-0.1, -0.05) is 13.8 Å². The Kier molecular flexibility index (Phi) is 9.06. The van der Waals surface area contributed by atoms with Gasteiger partial charge in [-0.05, 0) is 12.8 Å². The molecule has 0 aliphatic carbocycles. The van der Waals surface area contributed by atoms with E-state index >= 15 is 0 Å². The highest BCUT2D eigenvalue weighted by Gasteiger charge is 2.38. The topological polar surface area (TPSA) is 134 Å². The van der Waals surface area contributed by atoms with Crippen LogP contribution in [0.2, 0.25) is 0 Å². The van der Waals surface area contributed by atoms with E-state index in [2.05, 4.69) is 9.47 Å². The van der Waals surface area contributed by atoms with Crippen LogP contribution >= 0.6 is 0 Å². The number of aliphatic hydroxyl groups excluding tert-OH is 4. The summed E-state index contributed by atoms with van der Waals surface area (Å²) in [6.45, 7) is 3.55. The number of hydrogen-bond donors (Lipinski definition) is 4. The maximum atomic E-state index is 11.3. The third kappa shape index (κ3) is 5.83. The fraction of sp³-hybridized carbons (Fsp3) is 0.833. The second-order valence-electron chi connectivity index (χ2n) is 4.21. The van der Waals surface area contributed by atoms with Crippen LogP contribution in [0.5, 0.6) is 0 Å². The second-order valence-corrected chi connectivity index (χ2v) is 4.21. The van der Waals surface area contributed by atoms with Crippen LogP contribution in [0.25, 0.3) is 0 Å². The van der Waals surface area contributed by atoms with E-state index in [9.17, 15) is 30.0 Å². The summed E-state index contributed by atoms with van der Waals surface area (Å²) in [7, 11) is 0. The minimum atomic E-state index is -2.07. The number of rotatable bonds is 9. The van der Waals surface area contributed by atoms with Crippen molar-refractivity contribution in [3.8, 4) is 0 Å². The smallest absolute Gasteiger partial charge is 0.337 e. The van der Waals surface area contributed by atoms with E-state index in [1.807, 2.05) is 0 Å². The first-order valence-electron chi connectivity index (χ1n) is 6.42. The molecule has 0 radical (unpaired) electrons. The van der Waals surface area contributed by atoms with Crippen LogP contribution in [0, 0.1) is 0 Å². The largest absolute Gasteiger partial charge is 0.464 e. The van der Waals surface area contributed by atoms with Crippen molar-refractivity contribution >= 4 is 11.9 Å². The molecule has 118 valence electrons. The molecule has 0 rings (SSSR count). The van der Waals surface area contributed by atoms with Crippen molar-refractivity contribution in [1.29, 1.82) is 0 Å². The molecule has 0 aromatic rings. The van der Waals surface area contributed by atoms with Gasteiger partial charge >= 0.3 is 11.9 Å². The number of ether oxygens (including phenoxy) is 2. The van der Waals surface area contributed by atoms with Gasteiger partial charge in [-0.3, -0.25) is 0 Å². The lowest BCUT2D eigenvalue weighted by molar-refractivity contribution is -0.179. The van der Waals surface area contributed by atoms with Crippen LogP contribution in [-0.2, 0) is 19.1 Å². The fourth-order valence-corrected chi connectivity index (χ4v) is 1.23. The van der Waals surface area contributed by atoms with Crippen molar-refractivity contribution in [1.82, 2.24) is 0 Å². The van der Waals surface area contributed by atoms with Crippen LogP contribution in [0.3, 0.4) is 0 Å².